The maximum absolute atomic E-state index is 12.5. The van der Waals surface area contributed by atoms with Gasteiger partial charge in [-0.1, -0.05) is 11.6 Å². The molecular weight excluding hydrogens is 235 g/mol. The van der Waals surface area contributed by atoms with Gasteiger partial charge in [0, 0.05) is 11.9 Å². The Labute approximate surface area is 88.8 Å². The first-order valence-electron chi connectivity index (χ1n) is 3.58. The molecule has 0 amide bonds. The molecule has 6 heteroatoms. The van der Waals surface area contributed by atoms with Crippen LogP contribution in [0.25, 0.3) is 0 Å². The zero-order valence-corrected chi connectivity index (χ0v) is 8.53. The number of nitrogens with zero attached hydrogens (tertiary/aromatic N) is 1. The van der Waals surface area contributed by atoms with Gasteiger partial charge in [0.2, 0.25) is 0 Å². The molecule has 14 heavy (non-hydrogen) atoms. The largest absolute Gasteiger partial charge is 0.275 e. The van der Waals surface area contributed by atoms with E-state index in [1.54, 1.807) is 0 Å². The van der Waals surface area contributed by atoms with Crippen molar-refractivity contribution in [3.05, 3.63) is 28.0 Å². The fourth-order valence-electron chi connectivity index (χ4n) is 0.982. The van der Waals surface area contributed by atoms with Gasteiger partial charge in [0.05, 0.1) is 16.1 Å². The van der Waals surface area contributed by atoms with Crippen molar-refractivity contribution in [2.24, 2.45) is 0 Å². The fourth-order valence-corrected chi connectivity index (χ4v) is 1.53. The van der Waals surface area contributed by atoms with Crippen LogP contribution < -0.4 is 0 Å². The summed E-state index contributed by atoms with van der Waals surface area (Å²) in [5.74, 6) is 0. The highest BCUT2D eigenvalue weighted by Gasteiger charge is 2.21. The molecule has 0 unspecified atom stereocenters. The minimum absolute atomic E-state index is 0.0895. The fraction of sp³-hybridized carbons (Fsp3) is 0.250. The lowest BCUT2D eigenvalue weighted by molar-refractivity contribution is 0.108. The molecule has 76 valence electrons. The summed E-state index contributed by atoms with van der Waals surface area (Å²) in [6.07, 6.45) is -1.69. The molecular formula is C8H5Cl2F2NO. The Balaban J connectivity index is 3.41. The molecule has 0 aliphatic heterocycles. The molecule has 0 spiro atoms. The van der Waals surface area contributed by atoms with Gasteiger partial charge in [0.15, 0.2) is 0 Å². The van der Waals surface area contributed by atoms with E-state index in [0.717, 1.165) is 6.20 Å². The summed E-state index contributed by atoms with van der Waals surface area (Å²) in [6, 6.07) is 0. The molecule has 0 saturated carbocycles. The Morgan fingerprint density at radius 3 is 2.57 bits per heavy atom. The SMILES string of the molecule is Cc1ncc(C(=O)Cl)c(Cl)c1C(F)F. The van der Waals surface area contributed by atoms with E-state index in [1.165, 1.54) is 6.92 Å². The van der Waals surface area contributed by atoms with E-state index in [-0.39, 0.29) is 16.3 Å². The minimum Gasteiger partial charge on any atom is -0.275 e. The molecule has 0 bridgehead atoms. The van der Waals surface area contributed by atoms with Gasteiger partial charge < -0.3 is 0 Å². The van der Waals surface area contributed by atoms with Crippen LogP contribution in [0.3, 0.4) is 0 Å². The number of halogens is 4. The van der Waals surface area contributed by atoms with Crippen molar-refractivity contribution in [2.45, 2.75) is 13.3 Å². The Bertz CT molecular complexity index is 382. The topological polar surface area (TPSA) is 30.0 Å². The molecule has 1 heterocycles. The van der Waals surface area contributed by atoms with Gasteiger partial charge in [-0.3, -0.25) is 9.78 Å². The normalized spacial score (nSPS) is 10.7. The lowest BCUT2D eigenvalue weighted by Crippen LogP contribution is -2.01. The molecule has 1 aromatic rings. The van der Waals surface area contributed by atoms with Crippen LogP contribution in [0.5, 0.6) is 0 Å². The van der Waals surface area contributed by atoms with Crippen LogP contribution in [-0.4, -0.2) is 10.2 Å². The van der Waals surface area contributed by atoms with Crippen molar-refractivity contribution in [1.82, 2.24) is 4.98 Å². The van der Waals surface area contributed by atoms with Gasteiger partial charge in [0.25, 0.3) is 11.7 Å². The summed E-state index contributed by atoms with van der Waals surface area (Å²) in [7, 11) is 0. The van der Waals surface area contributed by atoms with E-state index < -0.39 is 17.2 Å². The third-order valence-electron chi connectivity index (χ3n) is 1.68. The number of pyridine rings is 1. The molecule has 0 aromatic carbocycles. The van der Waals surface area contributed by atoms with Crippen molar-refractivity contribution in [3.8, 4) is 0 Å². The third-order valence-corrected chi connectivity index (χ3v) is 2.29. The maximum atomic E-state index is 12.5. The van der Waals surface area contributed by atoms with Gasteiger partial charge in [-0.25, -0.2) is 8.78 Å². The van der Waals surface area contributed by atoms with Crippen LogP contribution >= 0.6 is 23.2 Å². The zero-order chi connectivity index (χ0) is 10.9. The van der Waals surface area contributed by atoms with Crippen LogP contribution in [0.1, 0.15) is 28.0 Å². The minimum atomic E-state index is -2.77. The molecule has 0 saturated heterocycles. The standard InChI is InChI=1S/C8H5Cl2F2NO/c1-3-5(8(11)12)6(9)4(2-13-3)7(10)14/h2,8H,1H3. The summed E-state index contributed by atoms with van der Waals surface area (Å²) >= 11 is 10.7. The van der Waals surface area contributed by atoms with Gasteiger partial charge in [-0.15, -0.1) is 0 Å². The Hall–Kier alpha value is -0.740. The molecule has 1 rings (SSSR count). The second kappa shape index (κ2) is 4.19. The molecule has 0 radical (unpaired) electrons. The predicted molar refractivity (Wildman–Crippen MR) is 49.1 cm³/mol. The summed E-state index contributed by atoms with van der Waals surface area (Å²) in [5, 5.41) is -1.23. The number of carbonyl (C=O) groups is 1. The van der Waals surface area contributed by atoms with Crippen molar-refractivity contribution >= 4 is 28.4 Å². The predicted octanol–water partition coefficient (Wildman–Crippen LogP) is 3.36. The van der Waals surface area contributed by atoms with Crippen molar-refractivity contribution in [2.75, 3.05) is 0 Å². The van der Waals surface area contributed by atoms with Crippen LogP contribution in [0, 0.1) is 6.92 Å². The summed E-state index contributed by atoms with van der Waals surface area (Å²) < 4.78 is 24.9. The highest BCUT2D eigenvalue weighted by Crippen LogP contribution is 2.31. The molecule has 1 aromatic heterocycles. The first kappa shape index (κ1) is 11.3. The summed E-state index contributed by atoms with van der Waals surface area (Å²) in [6.45, 7) is 1.38. The maximum Gasteiger partial charge on any atom is 0.267 e. The van der Waals surface area contributed by atoms with Crippen LogP contribution in [-0.2, 0) is 0 Å². The van der Waals surface area contributed by atoms with E-state index in [1.807, 2.05) is 0 Å². The van der Waals surface area contributed by atoms with Crippen LogP contribution in [0.4, 0.5) is 8.78 Å². The average Bonchev–Trinajstić information content (AvgIpc) is 2.02. The number of aromatic nitrogens is 1. The number of rotatable bonds is 2. The van der Waals surface area contributed by atoms with Crippen LogP contribution in [0.15, 0.2) is 6.20 Å². The van der Waals surface area contributed by atoms with Crippen molar-refractivity contribution < 1.29 is 13.6 Å². The second-order valence-corrected chi connectivity index (χ2v) is 3.28. The molecule has 0 atom stereocenters. The van der Waals surface area contributed by atoms with E-state index in [2.05, 4.69) is 4.98 Å². The van der Waals surface area contributed by atoms with Gasteiger partial charge >= 0.3 is 0 Å². The number of hydrogen-bond acceptors (Lipinski definition) is 2. The van der Waals surface area contributed by atoms with Gasteiger partial charge in [0.1, 0.15) is 0 Å². The zero-order valence-electron chi connectivity index (χ0n) is 7.02. The molecule has 0 aliphatic rings. The van der Waals surface area contributed by atoms with E-state index in [9.17, 15) is 13.6 Å². The van der Waals surface area contributed by atoms with Gasteiger partial charge in [-0.2, -0.15) is 0 Å². The summed E-state index contributed by atoms with van der Waals surface area (Å²) in [5.41, 5.74) is -0.556. The molecule has 2 nitrogen and oxygen atoms in total. The molecule has 0 aliphatic carbocycles. The number of hydrogen-bond donors (Lipinski definition) is 0. The lowest BCUT2D eigenvalue weighted by Gasteiger charge is -2.08. The monoisotopic (exact) mass is 239 g/mol. The van der Waals surface area contributed by atoms with Crippen molar-refractivity contribution in [3.63, 3.8) is 0 Å². The van der Waals surface area contributed by atoms with Crippen LogP contribution in [0.2, 0.25) is 5.02 Å². The highest BCUT2D eigenvalue weighted by molar-refractivity contribution is 6.68. The summed E-state index contributed by atoms with van der Waals surface area (Å²) in [4.78, 5) is 14.4. The average molecular weight is 240 g/mol. The molecule has 0 fully saturated rings. The van der Waals surface area contributed by atoms with Gasteiger partial charge in [-0.05, 0) is 18.5 Å². The Morgan fingerprint density at radius 1 is 1.57 bits per heavy atom. The van der Waals surface area contributed by atoms with E-state index >= 15 is 0 Å². The quantitative estimate of drug-likeness (QED) is 0.742. The Kier molecular flexibility index (Phi) is 3.39. The number of carbonyl (C=O) groups excluding carboxylic acids is 1. The van der Waals surface area contributed by atoms with Crippen molar-refractivity contribution in [1.29, 1.82) is 0 Å². The first-order valence-corrected chi connectivity index (χ1v) is 4.33. The third kappa shape index (κ3) is 2.01. The van der Waals surface area contributed by atoms with E-state index in [0.29, 0.717) is 0 Å². The second-order valence-electron chi connectivity index (χ2n) is 2.56. The number of aryl methyl sites for hydroxylation is 1. The number of alkyl halides is 2. The van der Waals surface area contributed by atoms with E-state index in [4.69, 9.17) is 23.2 Å². The first-order chi connectivity index (χ1) is 6.45. The smallest absolute Gasteiger partial charge is 0.267 e. The highest BCUT2D eigenvalue weighted by atomic mass is 35.5. The molecule has 0 N–H and O–H groups in total. The Morgan fingerprint density at radius 2 is 2.14 bits per heavy atom. The lowest BCUT2D eigenvalue weighted by atomic mass is 10.1.